The maximum atomic E-state index is 13.3. The monoisotopic (exact) mass is 431 g/mol. The number of aryl methyl sites for hydroxylation is 2. The van der Waals surface area contributed by atoms with E-state index < -0.39 is 11.2 Å². The normalized spacial score (nSPS) is 19.3. The molecule has 2 aromatic heterocycles. The van der Waals surface area contributed by atoms with Crippen molar-refractivity contribution in [1.29, 1.82) is 0 Å². The first-order chi connectivity index (χ1) is 14.8. The lowest BCUT2D eigenvalue weighted by Crippen LogP contribution is -2.47. The summed E-state index contributed by atoms with van der Waals surface area (Å²) in [4.78, 5) is 43.7. The van der Waals surface area contributed by atoms with Gasteiger partial charge in [-0.1, -0.05) is 47.0 Å². The highest BCUT2D eigenvalue weighted by Gasteiger charge is 2.24. The second-order valence-corrected chi connectivity index (χ2v) is 9.41. The van der Waals surface area contributed by atoms with Gasteiger partial charge in [-0.3, -0.25) is 14.2 Å². The van der Waals surface area contributed by atoms with Crippen molar-refractivity contribution in [2.24, 2.45) is 11.8 Å². The molecule has 1 aliphatic carbocycles. The van der Waals surface area contributed by atoms with Crippen LogP contribution in [0.3, 0.4) is 0 Å². The zero-order chi connectivity index (χ0) is 22.5. The lowest BCUT2D eigenvalue weighted by molar-refractivity contribution is -0.123. The summed E-state index contributed by atoms with van der Waals surface area (Å²) >= 11 is 0. The molecule has 1 saturated carbocycles. The van der Waals surface area contributed by atoms with Crippen molar-refractivity contribution in [3.05, 3.63) is 27.2 Å². The topological polar surface area (TPSA) is 90.9 Å². The lowest BCUT2D eigenvalue weighted by atomic mass is 9.86. The number of fused-ring (bicyclic) bond motifs is 1. The van der Waals surface area contributed by atoms with Gasteiger partial charge in [0.15, 0.2) is 11.2 Å². The summed E-state index contributed by atoms with van der Waals surface area (Å²) in [6, 6.07) is 0.111. The first kappa shape index (κ1) is 23.3. The number of nitrogens with one attached hydrogen (secondary N) is 1. The number of hydrogen-bond acceptors (Lipinski definition) is 4. The summed E-state index contributed by atoms with van der Waals surface area (Å²) in [7, 11) is 0. The average Bonchev–Trinajstić information content (AvgIpc) is 3.15. The Kier molecular flexibility index (Phi) is 7.73. The van der Waals surface area contributed by atoms with Gasteiger partial charge in [-0.15, -0.1) is 0 Å². The van der Waals surface area contributed by atoms with Crippen LogP contribution in [0.4, 0.5) is 0 Å². The molecule has 8 nitrogen and oxygen atoms in total. The molecule has 1 amide bonds. The molecule has 0 saturated heterocycles. The molecule has 2 atom stereocenters. The predicted octanol–water partition coefficient (Wildman–Crippen LogP) is 2.90. The van der Waals surface area contributed by atoms with Crippen molar-refractivity contribution in [2.45, 2.75) is 98.3 Å². The molecule has 172 valence electrons. The third kappa shape index (κ3) is 5.28. The van der Waals surface area contributed by atoms with Crippen LogP contribution < -0.4 is 16.6 Å². The van der Waals surface area contributed by atoms with Gasteiger partial charge in [0.05, 0.1) is 6.33 Å². The lowest BCUT2D eigenvalue weighted by Gasteiger charge is -2.29. The van der Waals surface area contributed by atoms with Crippen molar-refractivity contribution in [1.82, 2.24) is 24.0 Å². The molecule has 1 N–H and O–H groups in total. The van der Waals surface area contributed by atoms with Crippen molar-refractivity contribution in [3.63, 3.8) is 0 Å². The molecule has 2 heterocycles. The van der Waals surface area contributed by atoms with E-state index in [2.05, 4.69) is 38.0 Å². The molecule has 0 bridgehead atoms. The molecule has 0 aromatic carbocycles. The zero-order valence-corrected chi connectivity index (χ0v) is 19.4. The quantitative estimate of drug-likeness (QED) is 0.661. The fourth-order valence-electron chi connectivity index (χ4n) is 4.39. The fourth-order valence-corrected chi connectivity index (χ4v) is 4.39. The van der Waals surface area contributed by atoms with E-state index in [-0.39, 0.29) is 18.5 Å². The molecule has 1 fully saturated rings. The van der Waals surface area contributed by atoms with Crippen LogP contribution in [0.5, 0.6) is 0 Å². The number of nitrogens with zero attached hydrogens (tertiary/aromatic N) is 4. The van der Waals surface area contributed by atoms with Crippen LogP contribution in [-0.2, 0) is 24.4 Å². The zero-order valence-electron chi connectivity index (χ0n) is 19.4. The SMILES string of the molecule is CCCCn1c(=O)n(CC(=O)NC2CCCCC2C)c(=O)c2c1ncn2CCC(C)C. The summed E-state index contributed by atoms with van der Waals surface area (Å²) in [6.45, 7) is 9.34. The minimum atomic E-state index is -0.452. The summed E-state index contributed by atoms with van der Waals surface area (Å²) in [5.74, 6) is 0.622. The molecule has 8 heteroatoms. The van der Waals surface area contributed by atoms with E-state index in [9.17, 15) is 14.4 Å². The van der Waals surface area contributed by atoms with Crippen LogP contribution in [0.1, 0.15) is 72.6 Å². The molecule has 2 unspecified atom stereocenters. The van der Waals surface area contributed by atoms with Gasteiger partial charge in [0.25, 0.3) is 5.56 Å². The second kappa shape index (κ2) is 10.3. The number of amides is 1. The van der Waals surface area contributed by atoms with Gasteiger partial charge in [0, 0.05) is 19.1 Å². The smallest absolute Gasteiger partial charge is 0.333 e. The number of unbranched alkanes of at least 4 members (excludes halogenated alkanes) is 1. The molecule has 31 heavy (non-hydrogen) atoms. The molecule has 1 aliphatic rings. The second-order valence-electron chi connectivity index (χ2n) is 9.41. The van der Waals surface area contributed by atoms with Crippen LogP contribution in [0, 0.1) is 11.8 Å². The first-order valence-electron chi connectivity index (χ1n) is 11.8. The Morgan fingerprint density at radius 1 is 1.19 bits per heavy atom. The number of aromatic nitrogens is 4. The Bertz CT molecular complexity index is 1020. The van der Waals surface area contributed by atoms with E-state index in [0.29, 0.717) is 36.1 Å². The molecule has 2 aromatic rings. The number of imidazole rings is 1. The molecular formula is C23H37N5O3. The van der Waals surface area contributed by atoms with Crippen LogP contribution in [0.15, 0.2) is 15.9 Å². The van der Waals surface area contributed by atoms with Crippen molar-refractivity contribution in [3.8, 4) is 0 Å². The largest absolute Gasteiger partial charge is 0.352 e. The van der Waals surface area contributed by atoms with E-state index in [0.717, 1.165) is 43.1 Å². The maximum absolute atomic E-state index is 13.3. The summed E-state index contributed by atoms with van der Waals surface area (Å²) in [5.41, 5.74) is -0.0484. The molecule has 3 rings (SSSR count). The van der Waals surface area contributed by atoms with Gasteiger partial charge in [0.2, 0.25) is 5.91 Å². The molecule has 0 aliphatic heterocycles. The Morgan fingerprint density at radius 2 is 1.94 bits per heavy atom. The Hall–Kier alpha value is -2.38. The van der Waals surface area contributed by atoms with Gasteiger partial charge in [-0.25, -0.2) is 14.3 Å². The van der Waals surface area contributed by atoms with Gasteiger partial charge in [0.1, 0.15) is 6.54 Å². The number of rotatable bonds is 9. The Morgan fingerprint density at radius 3 is 2.61 bits per heavy atom. The molecule has 0 radical (unpaired) electrons. The van der Waals surface area contributed by atoms with Gasteiger partial charge < -0.3 is 9.88 Å². The van der Waals surface area contributed by atoms with Crippen LogP contribution in [0.25, 0.3) is 11.2 Å². The summed E-state index contributed by atoms with van der Waals surface area (Å²) in [5, 5.41) is 3.06. The minimum Gasteiger partial charge on any atom is -0.352 e. The fraction of sp³-hybridized carbons (Fsp3) is 0.739. The third-order valence-electron chi connectivity index (χ3n) is 6.43. The van der Waals surface area contributed by atoms with Gasteiger partial charge in [-0.05, 0) is 37.5 Å². The van der Waals surface area contributed by atoms with E-state index in [1.54, 1.807) is 10.9 Å². The van der Waals surface area contributed by atoms with Crippen LogP contribution >= 0.6 is 0 Å². The van der Waals surface area contributed by atoms with Crippen LogP contribution in [0.2, 0.25) is 0 Å². The number of carbonyl (C=O) groups is 1. The highest BCUT2D eigenvalue weighted by Crippen LogP contribution is 2.23. The van der Waals surface area contributed by atoms with Gasteiger partial charge in [-0.2, -0.15) is 0 Å². The van der Waals surface area contributed by atoms with E-state index in [4.69, 9.17) is 0 Å². The molecule has 0 spiro atoms. The summed E-state index contributed by atoms with van der Waals surface area (Å²) < 4.78 is 4.48. The average molecular weight is 432 g/mol. The number of carbonyl (C=O) groups excluding carboxylic acids is 1. The highest BCUT2D eigenvalue weighted by molar-refractivity contribution is 5.77. The first-order valence-corrected chi connectivity index (χ1v) is 11.8. The highest BCUT2D eigenvalue weighted by atomic mass is 16.2. The molecular weight excluding hydrogens is 394 g/mol. The summed E-state index contributed by atoms with van der Waals surface area (Å²) in [6.07, 6.45) is 8.59. The minimum absolute atomic E-state index is 0.111. The number of hydrogen-bond donors (Lipinski definition) is 1. The van der Waals surface area contributed by atoms with E-state index in [1.807, 2.05) is 4.57 Å². The van der Waals surface area contributed by atoms with Crippen molar-refractivity contribution in [2.75, 3.05) is 0 Å². The van der Waals surface area contributed by atoms with E-state index in [1.165, 1.54) is 6.42 Å². The Labute approximate surface area is 183 Å². The standard InChI is InChI=1S/C23H37N5O3/c1-5-6-12-27-21-20(26(15-24-21)13-11-16(2)3)22(30)28(23(27)31)14-19(29)25-18-10-8-7-9-17(18)4/h15-18H,5-14H2,1-4H3,(H,25,29). The van der Waals surface area contributed by atoms with E-state index >= 15 is 0 Å². The van der Waals surface area contributed by atoms with Crippen molar-refractivity contribution < 1.29 is 4.79 Å². The van der Waals surface area contributed by atoms with Crippen LogP contribution in [-0.4, -0.2) is 30.6 Å². The predicted molar refractivity (Wildman–Crippen MR) is 122 cm³/mol. The third-order valence-corrected chi connectivity index (χ3v) is 6.43. The van der Waals surface area contributed by atoms with Gasteiger partial charge >= 0.3 is 5.69 Å². The maximum Gasteiger partial charge on any atom is 0.333 e. The van der Waals surface area contributed by atoms with Crippen molar-refractivity contribution >= 4 is 17.1 Å². The Balaban J connectivity index is 1.96.